The Bertz CT molecular complexity index is 477. The largest absolute Gasteiger partial charge is 0.392 e. The third-order valence-corrected chi connectivity index (χ3v) is 6.91. The van der Waals surface area contributed by atoms with E-state index in [2.05, 4.69) is 13.8 Å². The number of rotatable bonds is 4. The maximum atomic E-state index is 11.7. The van der Waals surface area contributed by atoms with E-state index in [9.17, 15) is 13.5 Å². The van der Waals surface area contributed by atoms with E-state index in [0.29, 0.717) is 25.6 Å². The van der Waals surface area contributed by atoms with Crippen molar-refractivity contribution in [2.75, 3.05) is 25.9 Å². The highest BCUT2D eigenvalue weighted by molar-refractivity contribution is 7.88. The molecule has 0 amide bonds. The fraction of sp³-hybridized carbons (Fsp3) is 1.00. The highest BCUT2D eigenvalue weighted by atomic mass is 32.2. The highest BCUT2D eigenvalue weighted by Crippen LogP contribution is 2.52. The Morgan fingerprint density at radius 1 is 1.33 bits per heavy atom. The van der Waals surface area contributed by atoms with Crippen molar-refractivity contribution in [1.29, 1.82) is 0 Å². The van der Waals surface area contributed by atoms with Crippen LogP contribution in [0.5, 0.6) is 0 Å². The van der Waals surface area contributed by atoms with E-state index in [1.54, 1.807) is 4.31 Å². The van der Waals surface area contributed by atoms with Gasteiger partial charge in [-0.3, -0.25) is 0 Å². The average molecular weight is 318 g/mol. The molecule has 0 bridgehead atoms. The van der Waals surface area contributed by atoms with Crippen LogP contribution in [0.4, 0.5) is 0 Å². The van der Waals surface area contributed by atoms with Crippen LogP contribution in [-0.2, 0) is 10.0 Å². The van der Waals surface area contributed by atoms with E-state index in [-0.39, 0.29) is 10.8 Å². The lowest BCUT2D eigenvalue weighted by Crippen LogP contribution is -2.47. The second-order valence-electron chi connectivity index (χ2n) is 7.79. The first kappa shape index (κ1) is 17.2. The topological polar surface area (TPSA) is 83.6 Å². The molecule has 0 aromatic rings. The molecule has 3 N–H and O–H groups in total. The monoisotopic (exact) mass is 318 g/mol. The van der Waals surface area contributed by atoms with Crippen LogP contribution < -0.4 is 5.73 Å². The summed E-state index contributed by atoms with van der Waals surface area (Å²) in [5.74, 6) is 0.306. The minimum absolute atomic E-state index is 0.0927. The second-order valence-corrected chi connectivity index (χ2v) is 9.77. The van der Waals surface area contributed by atoms with Crippen molar-refractivity contribution in [2.45, 2.75) is 52.1 Å². The number of nitrogens with two attached hydrogens (primary N) is 1. The predicted octanol–water partition coefficient (Wildman–Crippen LogP) is 1.17. The molecule has 1 saturated carbocycles. The van der Waals surface area contributed by atoms with Crippen LogP contribution in [0.25, 0.3) is 0 Å². The van der Waals surface area contributed by atoms with E-state index in [1.165, 1.54) is 6.26 Å². The van der Waals surface area contributed by atoms with E-state index < -0.39 is 16.1 Å². The molecule has 6 heteroatoms. The van der Waals surface area contributed by atoms with E-state index in [4.69, 9.17) is 5.73 Å². The number of nitrogens with zero attached hydrogens (tertiary/aromatic N) is 1. The standard InChI is InChI=1S/C15H30N2O3S/c1-14(2)6-7-15(11-16,13(14)18)9-12-5-4-8-17(10-12)21(3,19)20/h12-13,18H,4-11,16H2,1-3H3. The molecule has 2 aliphatic rings. The van der Waals surface area contributed by atoms with Crippen LogP contribution in [0, 0.1) is 16.7 Å². The van der Waals surface area contributed by atoms with Crippen molar-refractivity contribution < 1.29 is 13.5 Å². The Morgan fingerprint density at radius 3 is 2.48 bits per heavy atom. The van der Waals surface area contributed by atoms with Gasteiger partial charge in [-0.25, -0.2) is 12.7 Å². The van der Waals surface area contributed by atoms with Crippen molar-refractivity contribution in [1.82, 2.24) is 4.31 Å². The molecule has 3 unspecified atom stereocenters. The Hall–Kier alpha value is -0.170. The first-order chi connectivity index (χ1) is 9.61. The van der Waals surface area contributed by atoms with Crippen molar-refractivity contribution in [3.05, 3.63) is 0 Å². The number of aliphatic hydroxyl groups is 1. The van der Waals surface area contributed by atoms with Gasteiger partial charge in [-0.15, -0.1) is 0 Å². The normalized spacial score (nSPS) is 37.8. The molecule has 0 spiro atoms. The van der Waals surface area contributed by atoms with E-state index in [1.807, 2.05) is 0 Å². The molecule has 5 nitrogen and oxygen atoms in total. The summed E-state index contributed by atoms with van der Waals surface area (Å²) >= 11 is 0. The van der Waals surface area contributed by atoms with Gasteiger partial charge >= 0.3 is 0 Å². The number of hydrogen-bond donors (Lipinski definition) is 2. The molecule has 1 aliphatic heterocycles. The zero-order valence-corrected chi connectivity index (χ0v) is 14.3. The summed E-state index contributed by atoms with van der Waals surface area (Å²) in [6.07, 6.45) is 5.56. The lowest BCUT2D eigenvalue weighted by molar-refractivity contribution is -0.0206. The molecule has 21 heavy (non-hydrogen) atoms. The smallest absolute Gasteiger partial charge is 0.211 e. The van der Waals surface area contributed by atoms with Gasteiger partial charge in [0.15, 0.2) is 0 Å². The van der Waals surface area contributed by atoms with Crippen LogP contribution in [0.3, 0.4) is 0 Å². The molecule has 2 fully saturated rings. The summed E-state index contributed by atoms with van der Waals surface area (Å²) in [4.78, 5) is 0. The van der Waals surface area contributed by atoms with Gasteiger partial charge in [0.25, 0.3) is 0 Å². The molecular formula is C15H30N2O3S. The molecule has 2 rings (SSSR count). The molecule has 0 radical (unpaired) electrons. The zero-order valence-electron chi connectivity index (χ0n) is 13.5. The third kappa shape index (κ3) is 3.44. The van der Waals surface area contributed by atoms with E-state index in [0.717, 1.165) is 32.1 Å². The molecule has 1 aliphatic carbocycles. The molecule has 1 heterocycles. The second kappa shape index (κ2) is 5.80. The van der Waals surface area contributed by atoms with E-state index >= 15 is 0 Å². The van der Waals surface area contributed by atoms with Crippen molar-refractivity contribution in [2.24, 2.45) is 22.5 Å². The van der Waals surface area contributed by atoms with Crippen LogP contribution in [0.2, 0.25) is 0 Å². The molecule has 0 aromatic carbocycles. The van der Waals surface area contributed by atoms with Gasteiger partial charge in [0, 0.05) is 25.0 Å². The lowest BCUT2D eigenvalue weighted by Gasteiger charge is -2.41. The summed E-state index contributed by atoms with van der Waals surface area (Å²) in [7, 11) is -3.12. The molecular weight excluding hydrogens is 288 g/mol. The Balaban J connectivity index is 2.09. The molecule has 3 atom stereocenters. The summed E-state index contributed by atoms with van der Waals surface area (Å²) in [6.45, 7) is 5.87. The third-order valence-electron chi connectivity index (χ3n) is 5.64. The first-order valence-electron chi connectivity index (χ1n) is 7.94. The first-order valence-corrected chi connectivity index (χ1v) is 9.79. The number of aliphatic hydroxyl groups excluding tert-OH is 1. The Morgan fingerprint density at radius 2 is 2.00 bits per heavy atom. The van der Waals surface area contributed by atoms with Crippen molar-refractivity contribution in [3.8, 4) is 0 Å². The quantitative estimate of drug-likeness (QED) is 0.815. The number of sulfonamides is 1. The average Bonchev–Trinajstić information content (AvgIpc) is 2.63. The van der Waals surface area contributed by atoms with Gasteiger partial charge in [-0.1, -0.05) is 13.8 Å². The minimum Gasteiger partial charge on any atom is -0.392 e. The molecule has 0 aromatic heterocycles. The van der Waals surface area contributed by atoms with Gasteiger partial charge < -0.3 is 10.8 Å². The van der Waals surface area contributed by atoms with Crippen LogP contribution in [0.1, 0.15) is 46.0 Å². The van der Waals surface area contributed by atoms with Gasteiger partial charge in [-0.2, -0.15) is 0 Å². The highest BCUT2D eigenvalue weighted by Gasteiger charge is 2.51. The van der Waals surface area contributed by atoms with Crippen LogP contribution in [-0.4, -0.2) is 49.8 Å². The molecule has 1 saturated heterocycles. The van der Waals surface area contributed by atoms with Gasteiger partial charge in [0.2, 0.25) is 10.0 Å². The Labute approximate surface area is 128 Å². The predicted molar refractivity (Wildman–Crippen MR) is 84.3 cm³/mol. The van der Waals surface area contributed by atoms with Gasteiger partial charge in [-0.05, 0) is 43.4 Å². The van der Waals surface area contributed by atoms with Gasteiger partial charge in [0.1, 0.15) is 0 Å². The van der Waals surface area contributed by atoms with Crippen molar-refractivity contribution in [3.63, 3.8) is 0 Å². The molecule has 124 valence electrons. The summed E-state index contributed by atoms with van der Waals surface area (Å²) in [5, 5.41) is 10.7. The summed E-state index contributed by atoms with van der Waals surface area (Å²) in [6, 6.07) is 0. The fourth-order valence-corrected chi connectivity index (χ4v) is 5.20. The lowest BCUT2D eigenvalue weighted by atomic mass is 9.71. The van der Waals surface area contributed by atoms with Gasteiger partial charge in [0.05, 0.1) is 12.4 Å². The minimum atomic E-state index is -3.12. The maximum absolute atomic E-state index is 11.7. The number of piperidine rings is 1. The maximum Gasteiger partial charge on any atom is 0.211 e. The zero-order chi connectivity index (χ0) is 15.9. The SMILES string of the molecule is CC1(C)CCC(CN)(CC2CCCN(S(C)(=O)=O)C2)C1O. The van der Waals surface area contributed by atoms with Crippen LogP contribution >= 0.6 is 0 Å². The summed E-state index contributed by atoms with van der Waals surface area (Å²) in [5.41, 5.74) is 5.69. The van der Waals surface area contributed by atoms with Crippen LogP contribution in [0.15, 0.2) is 0 Å². The fourth-order valence-electron chi connectivity index (χ4n) is 4.25. The number of hydrogen-bond acceptors (Lipinski definition) is 4. The Kier molecular flexibility index (Phi) is 4.74. The van der Waals surface area contributed by atoms with Crippen molar-refractivity contribution >= 4 is 10.0 Å². The summed E-state index contributed by atoms with van der Waals surface area (Å²) < 4.78 is 25.1.